The van der Waals surface area contributed by atoms with Crippen LogP contribution >= 0.6 is 0 Å². The van der Waals surface area contributed by atoms with E-state index in [2.05, 4.69) is 0 Å². The summed E-state index contributed by atoms with van der Waals surface area (Å²) in [4.78, 5) is 24.1. The van der Waals surface area contributed by atoms with Crippen molar-refractivity contribution in [3.63, 3.8) is 0 Å². The number of aliphatic hydroxyl groups excluding tert-OH is 1. The second-order valence-electron chi connectivity index (χ2n) is 9.09. The van der Waals surface area contributed by atoms with Crippen molar-refractivity contribution in [2.75, 3.05) is 6.61 Å². The van der Waals surface area contributed by atoms with E-state index in [1.165, 1.54) is 6.08 Å². The first kappa shape index (κ1) is 16.7. The lowest BCUT2D eigenvalue weighted by atomic mass is 9.50. The average molecular weight is 364 g/mol. The van der Waals surface area contributed by atoms with Gasteiger partial charge in [-0.05, 0) is 30.8 Å². The van der Waals surface area contributed by atoms with E-state index in [4.69, 9.17) is 14.2 Å². The van der Waals surface area contributed by atoms with E-state index >= 15 is 0 Å². The summed E-state index contributed by atoms with van der Waals surface area (Å²) < 4.78 is 17.2. The molecule has 5 aliphatic rings. The van der Waals surface area contributed by atoms with Crippen LogP contribution in [0.1, 0.15) is 33.6 Å². The van der Waals surface area contributed by atoms with Crippen LogP contribution < -0.4 is 0 Å². The third-order valence-electron chi connectivity index (χ3n) is 7.89. The number of carbonyl (C=O) groups excluding carboxylic acids is 2. The first-order valence-corrected chi connectivity index (χ1v) is 9.27. The number of hydrogen-bond acceptors (Lipinski definition) is 7. The Bertz CT molecular complexity index is 746. The van der Waals surface area contributed by atoms with Crippen LogP contribution in [-0.4, -0.2) is 52.9 Å². The monoisotopic (exact) mass is 364 g/mol. The maximum absolute atomic E-state index is 12.3. The predicted molar refractivity (Wildman–Crippen MR) is 86.3 cm³/mol. The van der Waals surface area contributed by atoms with Crippen molar-refractivity contribution in [3.05, 3.63) is 11.6 Å². The maximum Gasteiger partial charge on any atom is 0.331 e. The molecule has 5 rings (SSSR count). The van der Waals surface area contributed by atoms with Gasteiger partial charge in [-0.25, -0.2) is 4.79 Å². The highest BCUT2D eigenvalue weighted by Gasteiger charge is 2.82. The highest BCUT2D eigenvalue weighted by molar-refractivity contribution is 5.86. The third kappa shape index (κ3) is 1.62. The highest BCUT2D eigenvalue weighted by Crippen LogP contribution is 2.74. The molecule has 1 spiro atoms. The number of ether oxygens (including phenoxy) is 3. The summed E-state index contributed by atoms with van der Waals surface area (Å²) >= 11 is 0. The molecule has 0 radical (unpaired) electrons. The fraction of sp³-hybridized carbons (Fsp3) is 0.789. The van der Waals surface area contributed by atoms with Gasteiger partial charge in [-0.15, -0.1) is 0 Å². The molecule has 0 aromatic heterocycles. The van der Waals surface area contributed by atoms with E-state index in [0.29, 0.717) is 6.42 Å². The van der Waals surface area contributed by atoms with Gasteiger partial charge in [-0.2, -0.15) is 0 Å². The summed E-state index contributed by atoms with van der Waals surface area (Å²) in [6.07, 6.45) is 0.0796. The molecule has 0 aromatic rings. The molecule has 4 fully saturated rings. The van der Waals surface area contributed by atoms with Gasteiger partial charge in [0.05, 0.1) is 6.61 Å². The molecule has 142 valence electrons. The molecule has 3 aliphatic heterocycles. The quantitative estimate of drug-likeness (QED) is 0.655. The molecule has 26 heavy (non-hydrogen) atoms. The maximum atomic E-state index is 12.3. The van der Waals surface area contributed by atoms with Gasteiger partial charge < -0.3 is 24.4 Å². The van der Waals surface area contributed by atoms with Crippen LogP contribution in [0.25, 0.3) is 0 Å². The summed E-state index contributed by atoms with van der Waals surface area (Å²) in [7, 11) is 0. The Kier molecular flexibility index (Phi) is 3.02. The molecule has 2 bridgehead atoms. The number of hydrogen-bond donors (Lipinski definition) is 2. The van der Waals surface area contributed by atoms with Gasteiger partial charge in [-0.1, -0.05) is 13.8 Å². The normalized spacial score (nSPS) is 57.5. The van der Waals surface area contributed by atoms with E-state index in [0.717, 1.165) is 5.57 Å². The molecule has 0 amide bonds. The smallest absolute Gasteiger partial charge is 0.331 e. The van der Waals surface area contributed by atoms with Crippen molar-refractivity contribution in [2.45, 2.75) is 57.7 Å². The Hall–Kier alpha value is -1.44. The summed E-state index contributed by atoms with van der Waals surface area (Å²) in [5, 5.41) is 22.3. The van der Waals surface area contributed by atoms with E-state index in [-0.39, 0.29) is 30.8 Å². The van der Waals surface area contributed by atoms with Crippen molar-refractivity contribution in [3.8, 4) is 0 Å². The number of aliphatic hydroxyl groups is 2. The molecule has 2 saturated heterocycles. The van der Waals surface area contributed by atoms with Crippen molar-refractivity contribution in [1.29, 1.82) is 0 Å². The van der Waals surface area contributed by atoms with Gasteiger partial charge >= 0.3 is 11.9 Å². The number of esters is 2. The Balaban J connectivity index is 1.70. The lowest BCUT2D eigenvalue weighted by molar-refractivity contribution is -0.299. The molecule has 2 N–H and O–H groups in total. The zero-order chi connectivity index (χ0) is 18.6. The molecule has 7 heteroatoms. The lowest BCUT2D eigenvalue weighted by Crippen LogP contribution is -2.66. The zero-order valence-electron chi connectivity index (χ0n) is 15.1. The first-order valence-electron chi connectivity index (χ1n) is 9.27. The fourth-order valence-electron chi connectivity index (χ4n) is 7.10. The Labute approximate surface area is 151 Å². The minimum absolute atomic E-state index is 0.139. The van der Waals surface area contributed by atoms with Gasteiger partial charge in [0.1, 0.15) is 18.3 Å². The second-order valence-corrected chi connectivity index (χ2v) is 9.09. The van der Waals surface area contributed by atoms with Gasteiger partial charge in [0, 0.05) is 29.2 Å². The highest BCUT2D eigenvalue weighted by atomic mass is 16.7. The van der Waals surface area contributed by atoms with Crippen molar-refractivity contribution in [1.82, 2.24) is 0 Å². The van der Waals surface area contributed by atoms with Crippen molar-refractivity contribution in [2.24, 2.45) is 28.6 Å². The number of carbonyl (C=O) groups is 2. The summed E-state index contributed by atoms with van der Waals surface area (Å²) in [5.41, 5.74) is -0.482. The molecule has 2 saturated carbocycles. The third-order valence-corrected chi connectivity index (χ3v) is 7.89. The lowest BCUT2D eigenvalue weighted by Gasteiger charge is -2.55. The van der Waals surface area contributed by atoms with E-state index < -0.39 is 46.8 Å². The zero-order valence-corrected chi connectivity index (χ0v) is 15.1. The van der Waals surface area contributed by atoms with E-state index in [1.54, 1.807) is 0 Å². The molecule has 9 atom stereocenters. The topological polar surface area (TPSA) is 102 Å². The molecule has 0 aromatic carbocycles. The number of rotatable bonds is 1. The average Bonchev–Trinajstić information content (AvgIpc) is 3.14. The van der Waals surface area contributed by atoms with Gasteiger partial charge in [0.15, 0.2) is 5.79 Å². The largest absolute Gasteiger partial charge is 0.462 e. The summed E-state index contributed by atoms with van der Waals surface area (Å²) in [5.74, 6) is -3.34. The predicted octanol–water partition coefficient (Wildman–Crippen LogP) is 0.532. The molecule has 2 aliphatic carbocycles. The fourth-order valence-corrected chi connectivity index (χ4v) is 7.10. The first-order chi connectivity index (χ1) is 12.1. The van der Waals surface area contributed by atoms with Crippen LogP contribution in [0.15, 0.2) is 11.6 Å². The van der Waals surface area contributed by atoms with Gasteiger partial charge in [0.25, 0.3) is 0 Å². The minimum atomic E-state index is -1.74. The molecule has 3 heterocycles. The molecule has 7 nitrogen and oxygen atoms in total. The molecular weight excluding hydrogens is 340 g/mol. The minimum Gasteiger partial charge on any atom is -0.462 e. The molecular formula is C19H24O7. The number of cyclic esters (lactones) is 1. The van der Waals surface area contributed by atoms with Crippen LogP contribution in [0.3, 0.4) is 0 Å². The van der Waals surface area contributed by atoms with Gasteiger partial charge in [-0.3, -0.25) is 4.79 Å². The standard InChI is InChI=1S/C19H24O7/c1-8-4-12(20)26-15(8)17(3)6-11-18-7-24-19(23,16(17)18)14(22)9(2)10(18)5-13(21)25-11/h4,9-11,14-16,22-23H,5-7H2,1-3H3. The Morgan fingerprint density at radius 2 is 2.00 bits per heavy atom. The summed E-state index contributed by atoms with van der Waals surface area (Å²) in [6.45, 7) is 5.88. The second kappa shape index (κ2) is 4.69. The van der Waals surface area contributed by atoms with E-state index in [9.17, 15) is 19.8 Å². The van der Waals surface area contributed by atoms with Crippen LogP contribution in [0.4, 0.5) is 0 Å². The van der Waals surface area contributed by atoms with E-state index in [1.807, 2.05) is 20.8 Å². The van der Waals surface area contributed by atoms with Crippen LogP contribution in [0.5, 0.6) is 0 Å². The van der Waals surface area contributed by atoms with Crippen LogP contribution in [-0.2, 0) is 23.8 Å². The Morgan fingerprint density at radius 1 is 1.27 bits per heavy atom. The Morgan fingerprint density at radius 3 is 2.65 bits per heavy atom. The van der Waals surface area contributed by atoms with Gasteiger partial charge in [0.2, 0.25) is 0 Å². The molecule has 9 unspecified atom stereocenters. The van der Waals surface area contributed by atoms with Crippen molar-refractivity contribution >= 4 is 11.9 Å². The summed E-state index contributed by atoms with van der Waals surface area (Å²) in [6, 6.07) is 0. The van der Waals surface area contributed by atoms with Crippen molar-refractivity contribution < 1.29 is 34.0 Å². The SMILES string of the molecule is CC1=CC(=O)OC1C1(C)CC2OC(=O)CC3C(C)C(O)C4(O)OCC23C14. The van der Waals surface area contributed by atoms with Crippen LogP contribution in [0, 0.1) is 28.6 Å². The van der Waals surface area contributed by atoms with Crippen LogP contribution in [0.2, 0.25) is 0 Å².